The van der Waals surface area contributed by atoms with Gasteiger partial charge in [-0.1, -0.05) is 73.6 Å². The Morgan fingerprint density at radius 3 is 1.63 bits per heavy atom. The first-order chi connectivity index (χ1) is 40.4. The fourth-order valence-electron chi connectivity index (χ4n) is 11.4. The lowest BCUT2D eigenvalue weighted by molar-refractivity contribution is -0.198. The molecule has 1 aromatic rings. The van der Waals surface area contributed by atoms with Gasteiger partial charge in [-0.2, -0.15) is 13.2 Å². The molecule has 0 unspecified atom stereocenters. The van der Waals surface area contributed by atoms with Gasteiger partial charge in [0.05, 0.1) is 5.54 Å². The summed E-state index contributed by atoms with van der Waals surface area (Å²) in [5, 5.41) is 22.9. The minimum absolute atomic E-state index is 0.00232. The minimum atomic E-state index is -5.50. The topological polar surface area (TPSA) is 285 Å². The van der Waals surface area contributed by atoms with Gasteiger partial charge in [0.25, 0.3) is 11.8 Å². The SMILES string of the molecule is CC(C)C[C@H](NC(=O)[C@H](CC(C)C)NC(=O)[C@](C)(NC(=O)[C@H](CC(C)C)NC(=O)[C@H](CCC1CCCCC1)NC(=O)[C@@H]1CCCN1C(=O)c1ccc(F)cc1)C(F)(F)F)C(=O)NC(C)(C)C(=O)NC(C)(C)C(=O)NCCC(=O)NC1(CN(C)C)CCC1. The molecule has 10 amide bonds. The molecule has 2 saturated carbocycles. The maximum absolute atomic E-state index is 15.5. The van der Waals surface area contributed by atoms with Crippen LogP contribution in [-0.2, 0) is 43.2 Å². The number of alkyl halides is 3. The van der Waals surface area contributed by atoms with Crippen molar-refractivity contribution >= 4 is 59.1 Å². The van der Waals surface area contributed by atoms with Gasteiger partial charge in [-0.15, -0.1) is 0 Å². The quantitative estimate of drug-likeness (QED) is 0.0436. The van der Waals surface area contributed by atoms with Crippen molar-refractivity contribution in [3.63, 3.8) is 0 Å². The molecule has 1 aromatic carbocycles. The maximum atomic E-state index is 15.5. The molecule has 3 fully saturated rings. The Hall–Kier alpha value is -6.40. The van der Waals surface area contributed by atoms with E-state index in [1.165, 1.54) is 44.7 Å². The van der Waals surface area contributed by atoms with Crippen LogP contribution in [0.1, 0.15) is 189 Å². The highest BCUT2D eigenvalue weighted by Gasteiger charge is 2.59. The molecule has 0 spiro atoms. The Morgan fingerprint density at radius 1 is 0.609 bits per heavy atom. The van der Waals surface area contributed by atoms with Crippen LogP contribution in [0.2, 0.25) is 0 Å². The average Bonchev–Trinajstić information content (AvgIpc) is 2.75. The maximum Gasteiger partial charge on any atom is 0.420 e. The second-order valence-electron chi connectivity index (χ2n) is 27.1. The largest absolute Gasteiger partial charge is 0.420 e. The monoisotopic (exact) mass is 1230 g/mol. The van der Waals surface area contributed by atoms with E-state index in [1.807, 2.05) is 24.3 Å². The second-order valence-corrected chi connectivity index (χ2v) is 27.1. The summed E-state index contributed by atoms with van der Waals surface area (Å²) in [6, 6.07) is -2.22. The lowest BCUT2D eigenvalue weighted by Gasteiger charge is -2.44. The summed E-state index contributed by atoms with van der Waals surface area (Å²) in [7, 11) is 3.85. The van der Waals surface area contributed by atoms with E-state index in [0.29, 0.717) is 26.3 Å². The number of hydrogen-bond acceptors (Lipinski definition) is 11. The van der Waals surface area contributed by atoms with Gasteiger partial charge in [0.2, 0.25) is 52.8 Å². The molecule has 0 bridgehead atoms. The molecule has 1 heterocycles. The second kappa shape index (κ2) is 31.7. The van der Waals surface area contributed by atoms with Crippen molar-refractivity contribution in [3.8, 4) is 0 Å². The molecule has 21 nitrogen and oxygen atoms in total. The first kappa shape index (κ1) is 73.1. The molecule has 3 aliphatic rings. The van der Waals surface area contributed by atoms with Gasteiger partial charge in [-0.3, -0.25) is 47.9 Å². The van der Waals surface area contributed by atoms with E-state index in [2.05, 4.69) is 42.5 Å². The molecule has 9 N–H and O–H groups in total. The van der Waals surface area contributed by atoms with Crippen LogP contribution < -0.4 is 47.9 Å². The zero-order valence-corrected chi connectivity index (χ0v) is 53.4. The normalized spacial score (nSPS) is 18.5. The van der Waals surface area contributed by atoms with Crippen molar-refractivity contribution in [2.45, 2.75) is 237 Å². The van der Waals surface area contributed by atoms with Gasteiger partial charge in [-0.25, -0.2) is 4.39 Å². The molecule has 25 heteroatoms. The van der Waals surface area contributed by atoms with Gasteiger partial charge in [0.15, 0.2) is 0 Å². The number of carbonyl (C=O) groups is 10. The molecule has 1 aliphatic heterocycles. The summed E-state index contributed by atoms with van der Waals surface area (Å²) in [4.78, 5) is 142. The van der Waals surface area contributed by atoms with Gasteiger partial charge < -0.3 is 57.7 Å². The van der Waals surface area contributed by atoms with Crippen molar-refractivity contribution in [1.82, 2.24) is 57.7 Å². The van der Waals surface area contributed by atoms with Crippen LogP contribution in [0.5, 0.6) is 0 Å². The van der Waals surface area contributed by atoms with E-state index >= 15 is 13.2 Å². The highest BCUT2D eigenvalue weighted by atomic mass is 19.4. The number of hydrogen-bond donors (Lipinski definition) is 9. The first-order valence-corrected chi connectivity index (χ1v) is 30.9. The molecule has 490 valence electrons. The highest BCUT2D eigenvalue weighted by molar-refractivity contribution is 6.01. The average molecular weight is 1230 g/mol. The van der Waals surface area contributed by atoms with Crippen molar-refractivity contribution in [1.29, 1.82) is 0 Å². The van der Waals surface area contributed by atoms with Gasteiger partial charge in [-0.05, 0) is 161 Å². The number of nitrogens with one attached hydrogen (secondary N) is 9. The Bertz CT molecular complexity index is 2570. The summed E-state index contributed by atoms with van der Waals surface area (Å²) in [6.45, 7) is 17.0. The van der Waals surface area contributed by atoms with Gasteiger partial charge in [0.1, 0.15) is 47.1 Å². The molecule has 0 aromatic heterocycles. The van der Waals surface area contributed by atoms with Crippen LogP contribution in [0.25, 0.3) is 0 Å². The van der Waals surface area contributed by atoms with Crippen LogP contribution >= 0.6 is 0 Å². The zero-order chi connectivity index (χ0) is 65.4. The molecule has 6 atom stereocenters. The summed E-state index contributed by atoms with van der Waals surface area (Å²) >= 11 is 0. The number of rotatable bonds is 31. The van der Waals surface area contributed by atoms with Crippen molar-refractivity contribution in [2.75, 3.05) is 33.7 Å². The molecular formula is C62H99F4N11O10. The molecule has 2 aliphatic carbocycles. The van der Waals surface area contributed by atoms with Crippen LogP contribution in [-0.4, -0.2) is 161 Å². The molecule has 4 rings (SSSR count). The number of carbonyl (C=O) groups excluding carboxylic acids is 10. The lowest BCUT2D eigenvalue weighted by Crippen LogP contribution is -2.69. The summed E-state index contributed by atoms with van der Waals surface area (Å²) in [6.07, 6.45) is 2.82. The highest BCUT2D eigenvalue weighted by Crippen LogP contribution is 2.34. The number of benzene rings is 1. The van der Waals surface area contributed by atoms with Crippen LogP contribution in [0.4, 0.5) is 17.6 Å². The Balaban J connectivity index is 1.48. The van der Waals surface area contributed by atoms with E-state index in [9.17, 15) is 52.3 Å². The Kier molecular flexibility index (Phi) is 26.6. The molecule has 87 heavy (non-hydrogen) atoms. The van der Waals surface area contributed by atoms with Crippen LogP contribution in [0.15, 0.2) is 24.3 Å². The predicted octanol–water partition coefficient (Wildman–Crippen LogP) is 5.20. The number of likely N-dealkylation sites (tertiary alicyclic amines) is 1. The Labute approximate surface area is 511 Å². The molecule has 0 radical (unpaired) electrons. The lowest BCUT2D eigenvalue weighted by atomic mass is 9.76. The third-order valence-corrected chi connectivity index (χ3v) is 16.5. The van der Waals surface area contributed by atoms with E-state index in [0.717, 1.165) is 63.5 Å². The number of likely N-dealkylation sites (N-methyl/N-ethyl adjacent to an activating group) is 1. The third-order valence-electron chi connectivity index (χ3n) is 16.5. The fourth-order valence-corrected chi connectivity index (χ4v) is 11.4. The van der Waals surface area contributed by atoms with E-state index in [1.54, 1.807) is 41.5 Å². The minimum Gasteiger partial charge on any atom is -0.354 e. The fraction of sp³-hybridized carbons (Fsp3) is 0.742. The van der Waals surface area contributed by atoms with Crippen LogP contribution in [0, 0.1) is 29.5 Å². The number of halogens is 4. The Morgan fingerprint density at radius 2 is 1.13 bits per heavy atom. The third kappa shape index (κ3) is 21.7. The number of nitrogens with zero attached hydrogens (tertiary/aromatic N) is 2. The first-order valence-electron chi connectivity index (χ1n) is 30.9. The summed E-state index contributed by atoms with van der Waals surface area (Å²) in [5.41, 5.74) is -7.13. The standard InChI is InChI=1S/C62H99F4N11O10/c1-37(2)33-44(50(80)70-45(34-38(3)4)51(81)73-59(9,10)56(86)75-58(7,8)55(85)67-31-28-48(78)72-61(29-18-30-61)36-76(12)13)71-57(87)60(11,62(64,65)66)74-52(82)46(35-39(5)6)69-49(79)43(27-22-40-19-15-14-16-20-40)68-53(83)47-21-17-32-77(47)54(84)41-23-25-42(63)26-24-41/h23-26,37-40,43-47H,14-22,27-36H2,1-13H3,(H,67,85)(H,68,83)(H,69,79)(H,70,80)(H,71,87)(H,72,78)(H,73,81)(H,74,82)(H,75,86)/t43-,44-,45-,46-,47-,60-/m0/s1. The van der Waals surface area contributed by atoms with Crippen molar-refractivity contribution in [2.24, 2.45) is 23.7 Å². The van der Waals surface area contributed by atoms with E-state index in [4.69, 9.17) is 0 Å². The van der Waals surface area contributed by atoms with Crippen molar-refractivity contribution in [3.05, 3.63) is 35.6 Å². The van der Waals surface area contributed by atoms with E-state index < -0.39 is 124 Å². The zero-order valence-electron chi connectivity index (χ0n) is 53.4. The van der Waals surface area contributed by atoms with Gasteiger partial charge in [0, 0.05) is 31.6 Å². The smallest absolute Gasteiger partial charge is 0.354 e. The molecule has 1 saturated heterocycles. The molecular weight excluding hydrogens is 1130 g/mol. The number of amides is 10. The predicted molar refractivity (Wildman–Crippen MR) is 320 cm³/mol. The van der Waals surface area contributed by atoms with Crippen molar-refractivity contribution < 1.29 is 65.5 Å². The summed E-state index contributed by atoms with van der Waals surface area (Å²) < 4.78 is 60.1. The van der Waals surface area contributed by atoms with Gasteiger partial charge >= 0.3 is 6.18 Å². The van der Waals surface area contributed by atoms with E-state index in [-0.39, 0.29) is 80.5 Å². The van der Waals surface area contributed by atoms with Crippen LogP contribution in [0.3, 0.4) is 0 Å². The summed E-state index contributed by atoms with van der Waals surface area (Å²) in [5.74, 6) is -10.2.